The Hall–Kier alpha value is -2.03. The minimum atomic E-state index is -0.126. The maximum Gasteiger partial charge on any atom is 0.255 e. The zero-order valence-corrected chi connectivity index (χ0v) is 18.9. The molecule has 0 bridgehead atoms. The fourth-order valence-electron chi connectivity index (χ4n) is 5.03. The lowest BCUT2D eigenvalue weighted by molar-refractivity contribution is -0.134. The van der Waals surface area contributed by atoms with E-state index in [-0.39, 0.29) is 23.6 Å². The highest BCUT2D eigenvalue weighted by Crippen LogP contribution is 2.32. The number of nitrogens with one attached hydrogen (secondary N) is 1. The van der Waals surface area contributed by atoms with E-state index in [1.165, 1.54) is 10.4 Å². The first-order valence-corrected chi connectivity index (χ1v) is 12.2. The van der Waals surface area contributed by atoms with Crippen LogP contribution in [0.25, 0.3) is 0 Å². The first-order valence-electron chi connectivity index (χ1n) is 11.4. The molecular formula is C23H30N4O3S. The zero-order valence-electron chi connectivity index (χ0n) is 18.1. The van der Waals surface area contributed by atoms with Gasteiger partial charge in [0.05, 0.1) is 29.8 Å². The number of carbonyl (C=O) groups excluding carboxylic acids is 1. The lowest BCUT2D eigenvalue weighted by Crippen LogP contribution is -2.38. The van der Waals surface area contributed by atoms with Crippen molar-refractivity contribution in [3.63, 3.8) is 0 Å². The van der Waals surface area contributed by atoms with Crippen LogP contribution >= 0.6 is 11.3 Å². The number of aryl methyl sites for hydroxylation is 1. The second-order valence-electron chi connectivity index (χ2n) is 8.95. The molecule has 1 N–H and O–H groups in total. The van der Waals surface area contributed by atoms with Crippen LogP contribution in [0.3, 0.4) is 0 Å². The van der Waals surface area contributed by atoms with Gasteiger partial charge in [-0.05, 0) is 49.6 Å². The van der Waals surface area contributed by atoms with Crippen LogP contribution in [-0.4, -0.2) is 51.5 Å². The van der Waals surface area contributed by atoms with Gasteiger partial charge in [0.2, 0.25) is 5.91 Å². The molecule has 166 valence electrons. The molecule has 0 saturated carbocycles. The number of fused-ring (bicyclic) bond motifs is 1. The van der Waals surface area contributed by atoms with Gasteiger partial charge >= 0.3 is 0 Å². The number of thiophene rings is 1. The molecule has 1 amide bonds. The fraction of sp³-hybridized carbons (Fsp3) is 0.609. The molecule has 0 aromatic carbocycles. The van der Waals surface area contributed by atoms with E-state index in [9.17, 15) is 9.59 Å². The Morgan fingerprint density at radius 2 is 2.23 bits per heavy atom. The Morgan fingerprint density at radius 1 is 1.32 bits per heavy atom. The number of H-pyrrole nitrogens is 1. The average molecular weight is 443 g/mol. The molecule has 3 aliphatic rings. The molecule has 2 aromatic heterocycles. The number of hydrogen-bond donors (Lipinski definition) is 1. The van der Waals surface area contributed by atoms with Crippen molar-refractivity contribution in [1.29, 1.82) is 0 Å². The summed E-state index contributed by atoms with van der Waals surface area (Å²) < 4.78 is 5.65. The molecule has 2 aromatic rings. The molecule has 0 radical (unpaired) electrons. The van der Waals surface area contributed by atoms with Crippen molar-refractivity contribution >= 4 is 17.2 Å². The van der Waals surface area contributed by atoms with Gasteiger partial charge in [0.25, 0.3) is 5.56 Å². The van der Waals surface area contributed by atoms with Crippen molar-refractivity contribution < 1.29 is 9.53 Å². The molecule has 2 saturated heterocycles. The van der Waals surface area contributed by atoms with Crippen LogP contribution in [0.5, 0.6) is 0 Å². The van der Waals surface area contributed by atoms with Gasteiger partial charge in [0.1, 0.15) is 5.82 Å². The van der Waals surface area contributed by atoms with E-state index in [2.05, 4.69) is 28.3 Å². The fourth-order valence-corrected chi connectivity index (χ4v) is 5.98. The molecule has 5 rings (SSSR count). The average Bonchev–Trinajstić information content (AvgIpc) is 3.51. The van der Waals surface area contributed by atoms with Crippen molar-refractivity contribution in [2.45, 2.75) is 70.7 Å². The summed E-state index contributed by atoms with van der Waals surface area (Å²) in [7, 11) is 0. The van der Waals surface area contributed by atoms with Crippen molar-refractivity contribution in [1.82, 2.24) is 19.8 Å². The van der Waals surface area contributed by atoms with Crippen molar-refractivity contribution in [2.75, 3.05) is 19.7 Å². The molecule has 0 unspecified atom stereocenters. The minimum absolute atomic E-state index is 0.0438. The van der Waals surface area contributed by atoms with E-state index in [0.717, 1.165) is 69.6 Å². The van der Waals surface area contributed by atoms with Gasteiger partial charge < -0.3 is 14.6 Å². The van der Waals surface area contributed by atoms with E-state index in [1.807, 2.05) is 4.90 Å². The number of likely N-dealkylation sites (tertiary alicyclic amines) is 1. The summed E-state index contributed by atoms with van der Waals surface area (Å²) in [5.41, 5.74) is 2.94. The van der Waals surface area contributed by atoms with Crippen LogP contribution < -0.4 is 5.56 Å². The van der Waals surface area contributed by atoms with E-state index < -0.39 is 0 Å². The maximum atomic E-state index is 13.0. The van der Waals surface area contributed by atoms with Crippen LogP contribution in [0.15, 0.2) is 16.2 Å². The maximum absolute atomic E-state index is 13.0. The number of rotatable bonds is 5. The quantitative estimate of drug-likeness (QED) is 0.770. The number of aromatic nitrogens is 2. The van der Waals surface area contributed by atoms with Gasteiger partial charge in [-0.2, -0.15) is 0 Å². The number of nitrogens with zero attached hydrogens (tertiary/aromatic N) is 3. The Morgan fingerprint density at radius 3 is 3.00 bits per heavy atom. The third-order valence-electron chi connectivity index (χ3n) is 6.82. The summed E-state index contributed by atoms with van der Waals surface area (Å²) in [6.45, 7) is 6.01. The van der Waals surface area contributed by atoms with Gasteiger partial charge in [-0.15, -0.1) is 11.3 Å². The molecule has 31 heavy (non-hydrogen) atoms. The largest absolute Gasteiger partial charge is 0.378 e. The van der Waals surface area contributed by atoms with Crippen molar-refractivity contribution in [3.8, 4) is 0 Å². The van der Waals surface area contributed by atoms with Gasteiger partial charge in [0.15, 0.2) is 0 Å². The Kier molecular flexibility index (Phi) is 5.95. The zero-order chi connectivity index (χ0) is 21.4. The van der Waals surface area contributed by atoms with Gasteiger partial charge in [-0.3, -0.25) is 14.5 Å². The van der Waals surface area contributed by atoms with Crippen LogP contribution in [-0.2, 0) is 29.0 Å². The molecule has 0 spiro atoms. The number of amides is 1. The molecule has 8 heteroatoms. The first kappa shape index (κ1) is 20.8. The lowest BCUT2D eigenvalue weighted by Gasteiger charge is -2.29. The van der Waals surface area contributed by atoms with Crippen LogP contribution in [0.1, 0.15) is 65.7 Å². The Balaban J connectivity index is 1.31. The molecule has 2 fully saturated rings. The smallest absolute Gasteiger partial charge is 0.255 e. The molecule has 7 nitrogen and oxygen atoms in total. The van der Waals surface area contributed by atoms with E-state index in [4.69, 9.17) is 9.72 Å². The van der Waals surface area contributed by atoms with Crippen molar-refractivity contribution in [3.05, 3.63) is 49.3 Å². The minimum Gasteiger partial charge on any atom is -0.378 e. The third-order valence-corrected chi connectivity index (χ3v) is 7.82. The standard InChI is InChI=1S/C23H30N4O3S/c1-15-7-11-31-20(15)14-26-9-6-18-17(13-26)23(29)25-22(24-18)19-5-2-8-27(19)21(28)12-16-4-3-10-30-16/h7,11,16,19H,2-6,8-10,12-14H2,1H3,(H,24,25,29)/t16-,19+/m1/s1. The van der Waals surface area contributed by atoms with E-state index in [0.29, 0.717) is 18.8 Å². The second-order valence-corrected chi connectivity index (χ2v) is 9.95. The summed E-state index contributed by atoms with van der Waals surface area (Å²) >= 11 is 1.77. The highest BCUT2D eigenvalue weighted by molar-refractivity contribution is 7.10. The molecule has 0 aliphatic carbocycles. The van der Waals surface area contributed by atoms with Gasteiger partial charge in [-0.25, -0.2) is 4.98 Å². The summed E-state index contributed by atoms with van der Waals surface area (Å²) in [4.78, 5) is 39.4. The normalized spacial score (nSPS) is 24.0. The number of carbonyl (C=O) groups is 1. The van der Waals surface area contributed by atoms with E-state index in [1.54, 1.807) is 11.3 Å². The molecule has 3 aliphatic heterocycles. The summed E-state index contributed by atoms with van der Waals surface area (Å²) in [6, 6.07) is 2.02. The predicted molar refractivity (Wildman–Crippen MR) is 119 cm³/mol. The van der Waals surface area contributed by atoms with E-state index >= 15 is 0 Å². The number of ether oxygens (including phenoxy) is 1. The first-order chi connectivity index (χ1) is 15.1. The molecular weight excluding hydrogens is 412 g/mol. The SMILES string of the molecule is Cc1ccsc1CN1CCc2nc([C@@H]3CCCN3C(=O)C[C@H]3CCCO3)[nH]c(=O)c2C1. The predicted octanol–water partition coefficient (Wildman–Crippen LogP) is 2.93. The number of hydrogen-bond acceptors (Lipinski definition) is 6. The monoisotopic (exact) mass is 442 g/mol. The van der Waals surface area contributed by atoms with Gasteiger partial charge in [0, 0.05) is 44.1 Å². The van der Waals surface area contributed by atoms with Gasteiger partial charge in [-0.1, -0.05) is 0 Å². The topological polar surface area (TPSA) is 78.5 Å². The van der Waals surface area contributed by atoms with Crippen LogP contribution in [0.4, 0.5) is 0 Å². The summed E-state index contributed by atoms with van der Waals surface area (Å²) in [6.07, 6.45) is 5.03. The Bertz CT molecular complexity index is 1010. The second kappa shape index (κ2) is 8.84. The highest BCUT2D eigenvalue weighted by atomic mass is 32.1. The Labute approximate surface area is 186 Å². The van der Waals surface area contributed by atoms with Crippen LogP contribution in [0.2, 0.25) is 0 Å². The molecule has 5 heterocycles. The number of aromatic amines is 1. The highest BCUT2D eigenvalue weighted by Gasteiger charge is 2.34. The summed E-state index contributed by atoms with van der Waals surface area (Å²) in [5.74, 6) is 0.775. The molecule has 2 atom stereocenters. The summed E-state index contributed by atoms with van der Waals surface area (Å²) in [5, 5.41) is 2.12. The van der Waals surface area contributed by atoms with Crippen LogP contribution in [0, 0.1) is 6.92 Å². The third kappa shape index (κ3) is 4.33. The lowest BCUT2D eigenvalue weighted by atomic mass is 10.1. The van der Waals surface area contributed by atoms with Crippen molar-refractivity contribution in [2.24, 2.45) is 0 Å².